The minimum absolute atomic E-state index is 0.0676. The third kappa shape index (κ3) is 2.31. The van der Waals surface area contributed by atoms with E-state index in [0.29, 0.717) is 5.13 Å². The molecule has 60 valence electrons. The molecule has 1 rings (SSSR count). The molecule has 0 aliphatic carbocycles. The predicted octanol–water partition coefficient (Wildman–Crippen LogP) is 1.66. The van der Waals surface area contributed by atoms with Crippen LogP contribution in [0.15, 0.2) is 5.38 Å². The number of hydrogen-bond donors (Lipinski definition) is 1. The number of rotatable bonds is 2. The second-order valence-corrected chi connectivity index (χ2v) is 3.04. The van der Waals surface area contributed by atoms with E-state index >= 15 is 0 Å². The highest BCUT2D eigenvalue weighted by atomic mass is 32.1. The fourth-order valence-corrected chi connectivity index (χ4v) is 1.52. The van der Waals surface area contributed by atoms with Crippen LogP contribution >= 0.6 is 11.3 Å². The van der Waals surface area contributed by atoms with Gasteiger partial charge in [-0.2, -0.15) is 0 Å². The highest BCUT2D eigenvalue weighted by Crippen LogP contribution is 2.14. The van der Waals surface area contributed by atoms with Gasteiger partial charge in [0.2, 0.25) is 5.91 Å². The first-order chi connectivity index (χ1) is 5.22. The highest BCUT2D eigenvalue weighted by molar-refractivity contribution is 7.13. The van der Waals surface area contributed by atoms with Gasteiger partial charge in [-0.15, -0.1) is 11.3 Å². The number of anilines is 1. The van der Waals surface area contributed by atoms with Crippen molar-refractivity contribution in [1.29, 1.82) is 0 Å². The number of nitrogens with zero attached hydrogens (tertiary/aromatic N) is 1. The number of hydrogen-bond acceptors (Lipinski definition) is 3. The van der Waals surface area contributed by atoms with E-state index < -0.39 is 0 Å². The van der Waals surface area contributed by atoms with Gasteiger partial charge >= 0.3 is 0 Å². The Morgan fingerprint density at radius 3 is 3.00 bits per heavy atom. The van der Waals surface area contributed by atoms with E-state index in [1.165, 1.54) is 18.3 Å². The van der Waals surface area contributed by atoms with Crippen LogP contribution in [0.4, 0.5) is 5.13 Å². The van der Waals surface area contributed by atoms with Crippen LogP contribution in [-0.2, 0) is 11.2 Å². The Morgan fingerprint density at radius 2 is 2.55 bits per heavy atom. The van der Waals surface area contributed by atoms with Gasteiger partial charge in [-0.25, -0.2) is 4.98 Å². The monoisotopic (exact) mass is 170 g/mol. The van der Waals surface area contributed by atoms with Crippen LogP contribution < -0.4 is 5.32 Å². The van der Waals surface area contributed by atoms with Crippen molar-refractivity contribution < 1.29 is 4.79 Å². The number of nitrogens with one attached hydrogen (secondary N) is 1. The molecule has 1 N–H and O–H groups in total. The van der Waals surface area contributed by atoms with E-state index in [2.05, 4.69) is 10.3 Å². The van der Waals surface area contributed by atoms with Gasteiger partial charge in [0.25, 0.3) is 0 Å². The van der Waals surface area contributed by atoms with Crippen LogP contribution in [0, 0.1) is 0 Å². The van der Waals surface area contributed by atoms with Gasteiger partial charge in [0.15, 0.2) is 5.13 Å². The lowest BCUT2D eigenvalue weighted by Crippen LogP contribution is -2.05. The largest absolute Gasteiger partial charge is 0.302 e. The fourth-order valence-electron chi connectivity index (χ4n) is 0.677. The standard InChI is InChI=1S/C7H10N2OS/c1-3-6-4-11-7(9-6)8-5(2)10/h4H,3H2,1-2H3,(H,8,9,10). The van der Waals surface area contributed by atoms with Gasteiger partial charge in [0, 0.05) is 12.3 Å². The maximum atomic E-state index is 10.6. The van der Waals surface area contributed by atoms with Crippen molar-refractivity contribution in [3.05, 3.63) is 11.1 Å². The summed E-state index contributed by atoms with van der Waals surface area (Å²) in [7, 11) is 0. The summed E-state index contributed by atoms with van der Waals surface area (Å²) < 4.78 is 0. The van der Waals surface area contributed by atoms with Crippen LogP contribution in [0.5, 0.6) is 0 Å². The lowest BCUT2D eigenvalue weighted by Gasteiger charge is -1.92. The van der Waals surface area contributed by atoms with Crippen molar-refractivity contribution >= 4 is 22.4 Å². The first-order valence-corrected chi connectivity index (χ1v) is 4.32. The number of carbonyl (C=O) groups is 1. The van der Waals surface area contributed by atoms with Crippen molar-refractivity contribution in [1.82, 2.24) is 4.98 Å². The van der Waals surface area contributed by atoms with E-state index in [-0.39, 0.29) is 5.91 Å². The maximum Gasteiger partial charge on any atom is 0.223 e. The molecule has 4 heteroatoms. The predicted molar refractivity (Wildman–Crippen MR) is 45.8 cm³/mol. The van der Waals surface area contributed by atoms with Crippen LogP contribution in [0.3, 0.4) is 0 Å². The molecule has 0 saturated carbocycles. The van der Waals surface area contributed by atoms with Gasteiger partial charge in [-0.3, -0.25) is 4.79 Å². The molecule has 0 aromatic carbocycles. The van der Waals surface area contributed by atoms with Crippen molar-refractivity contribution in [2.45, 2.75) is 20.3 Å². The molecule has 0 aliphatic rings. The fraction of sp³-hybridized carbons (Fsp3) is 0.429. The molecule has 0 fully saturated rings. The highest BCUT2D eigenvalue weighted by Gasteiger charge is 2.00. The first kappa shape index (κ1) is 8.20. The summed E-state index contributed by atoms with van der Waals surface area (Å²) in [5.41, 5.74) is 1.03. The van der Waals surface area contributed by atoms with Crippen LogP contribution in [0.1, 0.15) is 19.5 Å². The van der Waals surface area contributed by atoms with Crippen molar-refractivity contribution in [3.8, 4) is 0 Å². The first-order valence-electron chi connectivity index (χ1n) is 3.44. The summed E-state index contributed by atoms with van der Waals surface area (Å²) >= 11 is 1.46. The number of aryl methyl sites for hydroxylation is 1. The van der Waals surface area contributed by atoms with Gasteiger partial charge < -0.3 is 5.32 Å². The van der Waals surface area contributed by atoms with Crippen LogP contribution in [0.2, 0.25) is 0 Å². The van der Waals surface area contributed by atoms with Gasteiger partial charge in [-0.05, 0) is 6.42 Å². The number of thiazole rings is 1. The SMILES string of the molecule is CCc1csc(NC(C)=O)n1. The normalized spacial score (nSPS) is 9.64. The second kappa shape index (κ2) is 3.48. The number of aromatic nitrogens is 1. The molecule has 1 amide bonds. The van der Waals surface area contributed by atoms with Gasteiger partial charge in [0.1, 0.15) is 0 Å². The van der Waals surface area contributed by atoms with Crippen LogP contribution in [0.25, 0.3) is 0 Å². The Morgan fingerprint density at radius 1 is 1.82 bits per heavy atom. The Bertz CT molecular complexity index is 257. The molecule has 1 aromatic heterocycles. The summed E-state index contributed by atoms with van der Waals surface area (Å²) in [6.45, 7) is 3.51. The zero-order valence-corrected chi connectivity index (χ0v) is 7.36. The summed E-state index contributed by atoms with van der Waals surface area (Å²) in [5.74, 6) is -0.0676. The average molecular weight is 170 g/mol. The molecule has 11 heavy (non-hydrogen) atoms. The minimum atomic E-state index is -0.0676. The van der Waals surface area contributed by atoms with Crippen molar-refractivity contribution in [3.63, 3.8) is 0 Å². The smallest absolute Gasteiger partial charge is 0.223 e. The van der Waals surface area contributed by atoms with Crippen molar-refractivity contribution in [2.24, 2.45) is 0 Å². The quantitative estimate of drug-likeness (QED) is 0.733. The summed E-state index contributed by atoms with van der Waals surface area (Å²) in [6, 6.07) is 0. The molecule has 0 saturated heterocycles. The van der Waals surface area contributed by atoms with Crippen molar-refractivity contribution in [2.75, 3.05) is 5.32 Å². The third-order valence-corrected chi connectivity index (χ3v) is 2.00. The lowest BCUT2D eigenvalue weighted by molar-refractivity contribution is -0.114. The van der Waals surface area contributed by atoms with E-state index in [0.717, 1.165) is 12.1 Å². The van der Waals surface area contributed by atoms with Gasteiger partial charge in [0.05, 0.1) is 5.69 Å². The molecular formula is C7H10N2OS. The number of amides is 1. The Hall–Kier alpha value is -0.900. The minimum Gasteiger partial charge on any atom is -0.302 e. The summed E-state index contributed by atoms with van der Waals surface area (Å²) in [4.78, 5) is 14.7. The molecule has 0 aliphatic heterocycles. The van der Waals surface area contributed by atoms with Crippen LogP contribution in [-0.4, -0.2) is 10.9 Å². The van der Waals surface area contributed by atoms with E-state index in [1.54, 1.807) is 0 Å². The third-order valence-electron chi connectivity index (χ3n) is 1.20. The molecule has 1 aromatic rings. The average Bonchev–Trinajstić information content (AvgIpc) is 2.34. The Balaban J connectivity index is 2.65. The van der Waals surface area contributed by atoms with E-state index in [4.69, 9.17) is 0 Å². The van der Waals surface area contributed by atoms with E-state index in [9.17, 15) is 4.79 Å². The summed E-state index contributed by atoms with van der Waals surface area (Å²) in [6.07, 6.45) is 0.913. The maximum absolute atomic E-state index is 10.6. The molecule has 0 unspecified atom stereocenters. The lowest BCUT2D eigenvalue weighted by atomic mass is 10.4. The molecule has 0 spiro atoms. The Kier molecular flexibility index (Phi) is 2.59. The summed E-state index contributed by atoms with van der Waals surface area (Å²) in [5, 5.41) is 5.27. The number of carbonyl (C=O) groups excluding carboxylic acids is 1. The molecular weight excluding hydrogens is 160 g/mol. The molecule has 0 bridgehead atoms. The van der Waals surface area contributed by atoms with E-state index in [1.807, 2.05) is 12.3 Å². The zero-order valence-electron chi connectivity index (χ0n) is 6.55. The molecule has 0 radical (unpaired) electrons. The topological polar surface area (TPSA) is 42.0 Å². The Labute approximate surface area is 69.5 Å². The molecule has 3 nitrogen and oxygen atoms in total. The second-order valence-electron chi connectivity index (χ2n) is 2.18. The zero-order chi connectivity index (χ0) is 8.27. The van der Waals surface area contributed by atoms with Gasteiger partial charge in [-0.1, -0.05) is 6.92 Å². The molecule has 1 heterocycles. The molecule has 0 atom stereocenters.